The van der Waals surface area contributed by atoms with Gasteiger partial charge >= 0.3 is 5.97 Å². The molecule has 2 rings (SSSR count). The lowest BCUT2D eigenvalue weighted by Gasteiger charge is -2.57. The molecule has 0 bridgehead atoms. The molecular formula is C11H19NO2. The van der Waals surface area contributed by atoms with E-state index in [1.54, 1.807) is 0 Å². The Morgan fingerprint density at radius 2 is 2.14 bits per heavy atom. The van der Waals surface area contributed by atoms with Crippen LogP contribution in [-0.4, -0.2) is 17.6 Å². The highest BCUT2D eigenvalue weighted by Gasteiger charge is 2.53. The summed E-state index contributed by atoms with van der Waals surface area (Å²) in [6, 6.07) is 0. The number of carboxylic acid groups (broad SMARTS) is 1. The SMILES string of the molecule is NC[C@]1(CC(=O)O)C[C@H]2CCCC[C@H]21. The van der Waals surface area contributed by atoms with Crippen molar-refractivity contribution in [2.24, 2.45) is 23.0 Å². The smallest absolute Gasteiger partial charge is 0.303 e. The molecule has 3 nitrogen and oxygen atoms in total. The summed E-state index contributed by atoms with van der Waals surface area (Å²) in [5.74, 6) is 0.712. The number of carboxylic acids is 1. The zero-order chi connectivity index (χ0) is 10.2. The molecule has 0 aliphatic heterocycles. The topological polar surface area (TPSA) is 63.3 Å². The van der Waals surface area contributed by atoms with Crippen LogP contribution >= 0.6 is 0 Å². The second kappa shape index (κ2) is 3.54. The molecule has 0 saturated heterocycles. The third-order valence-corrected chi connectivity index (χ3v) is 4.27. The molecule has 0 radical (unpaired) electrons. The molecule has 0 aromatic heterocycles. The minimum atomic E-state index is -0.681. The highest BCUT2D eigenvalue weighted by molar-refractivity contribution is 5.68. The second-order valence-corrected chi connectivity index (χ2v) is 4.99. The van der Waals surface area contributed by atoms with Gasteiger partial charge in [0, 0.05) is 0 Å². The number of fused-ring (bicyclic) bond motifs is 1. The number of carbonyl (C=O) groups is 1. The van der Waals surface area contributed by atoms with Crippen molar-refractivity contribution in [2.75, 3.05) is 6.54 Å². The Bertz CT molecular complexity index is 241. The maximum atomic E-state index is 10.8. The van der Waals surface area contributed by atoms with Gasteiger partial charge in [-0.1, -0.05) is 19.3 Å². The van der Waals surface area contributed by atoms with Gasteiger partial charge in [-0.05, 0) is 36.6 Å². The second-order valence-electron chi connectivity index (χ2n) is 4.99. The molecule has 3 heteroatoms. The number of hydrogen-bond acceptors (Lipinski definition) is 2. The van der Waals surface area contributed by atoms with Gasteiger partial charge in [-0.15, -0.1) is 0 Å². The Kier molecular flexibility index (Phi) is 2.52. The molecule has 0 unspecified atom stereocenters. The van der Waals surface area contributed by atoms with Crippen LogP contribution in [0.3, 0.4) is 0 Å². The first kappa shape index (κ1) is 9.97. The van der Waals surface area contributed by atoms with Gasteiger partial charge in [0.25, 0.3) is 0 Å². The van der Waals surface area contributed by atoms with E-state index in [0.717, 1.165) is 12.3 Å². The quantitative estimate of drug-likeness (QED) is 0.722. The van der Waals surface area contributed by atoms with Gasteiger partial charge in [0.1, 0.15) is 0 Å². The van der Waals surface area contributed by atoms with Crippen LogP contribution in [0.25, 0.3) is 0 Å². The zero-order valence-corrected chi connectivity index (χ0v) is 8.54. The molecule has 0 spiro atoms. The summed E-state index contributed by atoms with van der Waals surface area (Å²) in [4.78, 5) is 10.8. The Balaban J connectivity index is 2.04. The molecule has 3 N–H and O–H groups in total. The molecule has 2 fully saturated rings. The van der Waals surface area contributed by atoms with E-state index in [2.05, 4.69) is 0 Å². The van der Waals surface area contributed by atoms with Gasteiger partial charge in [-0.25, -0.2) is 0 Å². The van der Waals surface area contributed by atoms with Gasteiger partial charge in [-0.2, -0.15) is 0 Å². The maximum absolute atomic E-state index is 10.8. The van der Waals surface area contributed by atoms with Crippen LogP contribution < -0.4 is 5.73 Å². The summed E-state index contributed by atoms with van der Waals surface area (Å²) in [6.45, 7) is 0.556. The lowest BCUT2D eigenvalue weighted by atomic mass is 9.48. The number of rotatable bonds is 3. The normalized spacial score (nSPS) is 41.2. The summed E-state index contributed by atoms with van der Waals surface area (Å²) < 4.78 is 0. The summed E-state index contributed by atoms with van der Waals surface area (Å²) in [6.07, 6.45) is 6.43. The first-order valence-electron chi connectivity index (χ1n) is 5.60. The zero-order valence-electron chi connectivity index (χ0n) is 8.54. The van der Waals surface area contributed by atoms with Crippen molar-refractivity contribution in [2.45, 2.75) is 38.5 Å². The average molecular weight is 197 g/mol. The van der Waals surface area contributed by atoms with E-state index >= 15 is 0 Å². The van der Waals surface area contributed by atoms with Gasteiger partial charge in [-0.3, -0.25) is 4.79 Å². The predicted octanol–water partition coefficient (Wildman–Crippen LogP) is 1.62. The monoisotopic (exact) mass is 197 g/mol. The van der Waals surface area contributed by atoms with Crippen molar-refractivity contribution < 1.29 is 9.90 Å². The molecule has 80 valence electrons. The molecule has 3 atom stereocenters. The fraction of sp³-hybridized carbons (Fsp3) is 0.909. The molecule has 0 aromatic rings. The van der Waals surface area contributed by atoms with Crippen LogP contribution in [-0.2, 0) is 4.79 Å². The van der Waals surface area contributed by atoms with Crippen LogP contribution in [0.1, 0.15) is 38.5 Å². The van der Waals surface area contributed by atoms with Crippen molar-refractivity contribution in [3.8, 4) is 0 Å². The van der Waals surface area contributed by atoms with Crippen molar-refractivity contribution in [1.82, 2.24) is 0 Å². The Labute approximate surface area is 84.7 Å². The minimum absolute atomic E-state index is 0.0447. The molecule has 2 aliphatic rings. The first-order chi connectivity index (χ1) is 6.68. The summed E-state index contributed by atoms with van der Waals surface area (Å²) in [5.41, 5.74) is 5.72. The van der Waals surface area contributed by atoms with E-state index in [1.807, 2.05) is 0 Å². The third-order valence-electron chi connectivity index (χ3n) is 4.27. The van der Waals surface area contributed by atoms with Crippen molar-refractivity contribution in [3.63, 3.8) is 0 Å². The van der Waals surface area contributed by atoms with E-state index in [1.165, 1.54) is 25.7 Å². The molecular weight excluding hydrogens is 178 g/mol. The molecule has 14 heavy (non-hydrogen) atoms. The highest BCUT2D eigenvalue weighted by atomic mass is 16.4. The summed E-state index contributed by atoms with van der Waals surface area (Å²) in [5, 5.41) is 8.88. The van der Waals surface area contributed by atoms with Gasteiger partial charge < -0.3 is 10.8 Å². The Hall–Kier alpha value is -0.570. The molecule has 0 amide bonds. The third kappa shape index (κ3) is 1.44. The van der Waals surface area contributed by atoms with Gasteiger partial charge in [0.15, 0.2) is 0 Å². The molecule has 0 aromatic carbocycles. The van der Waals surface area contributed by atoms with E-state index in [-0.39, 0.29) is 11.8 Å². The Morgan fingerprint density at radius 1 is 1.43 bits per heavy atom. The van der Waals surface area contributed by atoms with Gasteiger partial charge in [0.2, 0.25) is 0 Å². The maximum Gasteiger partial charge on any atom is 0.303 e. The van der Waals surface area contributed by atoms with Crippen LogP contribution in [0.2, 0.25) is 0 Å². The van der Waals surface area contributed by atoms with Crippen molar-refractivity contribution in [1.29, 1.82) is 0 Å². The van der Waals surface area contributed by atoms with E-state index in [4.69, 9.17) is 10.8 Å². The van der Waals surface area contributed by atoms with Crippen LogP contribution in [0, 0.1) is 17.3 Å². The fourth-order valence-corrected chi connectivity index (χ4v) is 3.58. The lowest BCUT2D eigenvalue weighted by Crippen LogP contribution is -2.54. The van der Waals surface area contributed by atoms with Crippen LogP contribution in [0.5, 0.6) is 0 Å². The predicted molar refractivity (Wildman–Crippen MR) is 53.8 cm³/mol. The Morgan fingerprint density at radius 3 is 2.71 bits per heavy atom. The van der Waals surface area contributed by atoms with E-state index < -0.39 is 5.97 Å². The van der Waals surface area contributed by atoms with E-state index in [0.29, 0.717) is 12.5 Å². The summed E-state index contributed by atoms with van der Waals surface area (Å²) >= 11 is 0. The van der Waals surface area contributed by atoms with Crippen LogP contribution in [0.15, 0.2) is 0 Å². The first-order valence-corrected chi connectivity index (χ1v) is 5.60. The van der Waals surface area contributed by atoms with Crippen molar-refractivity contribution >= 4 is 5.97 Å². The number of hydrogen-bond donors (Lipinski definition) is 2. The lowest BCUT2D eigenvalue weighted by molar-refractivity contribution is -0.148. The number of nitrogens with two attached hydrogens (primary N) is 1. The minimum Gasteiger partial charge on any atom is -0.481 e. The number of aliphatic carboxylic acids is 1. The van der Waals surface area contributed by atoms with Crippen LogP contribution in [0.4, 0.5) is 0 Å². The van der Waals surface area contributed by atoms with Gasteiger partial charge in [0.05, 0.1) is 6.42 Å². The molecule has 2 aliphatic carbocycles. The fourth-order valence-electron chi connectivity index (χ4n) is 3.58. The molecule has 2 saturated carbocycles. The van der Waals surface area contributed by atoms with E-state index in [9.17, 15) is 4.79 Å². The van der Waals surface area contributed by atoms with Crippen molar-refractivity contribution in [3.05, 3.63) is 0 Å². The standard InChI is InChI=1S/C11H19NO2/c12-7-11(6-10(13)14)5-8-3-1-2-4-9(8)11/h8-9H,1-7,12H2,(H,13,14)/t8-,9-,11-/m1/s1. The highest BCUT2D eigenvalue weighted by Crippen LogP contribution is 2.58. The largest absolute Gasteiger partial charge is 0.481 e. The average Bonchev–Trinajstić information content (AvgIpc) is 2.13. The summed E-state index contributed by atoms with van der Waals surface area (Å²) in [7, 11) is 0. The molecule has 0 heterocycles.